The molecular formula is C14H11BrFNO. The third kappa shape index (κ3) is 3.40. The lowest BCUT2D eigenvalue weighted by molar-refractivity contribution is 0.0950. The van der Waals surface area contributed by atoms with Crippen molar-refractivity contribution in [3.8, 4) is 0 Å². The van der Waals surface area contributed by atoms with Gasteiger partial charge in [0.25, 0.3) is 5.91 Å². The molecule has 92 valence electrons. The number of halogens is 2. The first-order chi connectivity index (χ1) is 8.65. The van der Waals surface area contributed by atoms with Crippen LogP contribution in [0.25, 0.3) is 0 Å². The van der Waals surface area contributed by atoms with Gasteiger partial charge < -0.3 is 5.32 Å². The van der Waals surface area contributed by atoms with E-state index in [1.165, 1.54) is 12.1 Å². The standard InChI is InChI=1S/C14H11BrFNO/c15-12-6-11(7-13(16)8-12)14(18)17-9-10-4-2-1-3-5-10/h1-8H,9H2,(H,17,18). The molecule has 0 bridgehead atoms. The summed E-state index contributed by atoms with van der Waals surface area (Å²) < 4.78 is 13.7. The lowest BCUT2D eigenvalue weighted by atomic mass is 10.2. The van der Waals surface area contributed by atoms with E-state index in [1.807, 2.05) is 30.3 Å². The number of rotatable bonds is 3. The van der Waals surface area contributed by atoms with Crippen LogP contribution >= 0.6 is 15.9 Å². The van der Waals surface area contributed by atoms with Crippen molar-refractivity contribution in [2.75, 3.05) is 0 Å². The first kappa shape index (κ1) is 12.8. The van der Waals surface area contributed by atoms with Gasteiger partial charge in [-0.25, -0.2) is 4.39 Å². The molecule has 1 amide bonds. The highest BCUT2D eigenvalue weighted by Gasteiger charge is 2.07. The fourth-order valence-electron chi connectivity index (χ4n) is 1.57. The van der Waals surface area contributed by atoms with Gasteiger partial charge in [0, 0.05) is 16.6 Å². The Bertz CT molecular complexity index is 537. The smallest absolute Gasteiger partial charge is 0.251 e. The Balaban J connectivity index is 2.04. The van der Waals surface area contributed by atoms with Crippen LogP contribution in [0.1, 0.15) is 15.9 Å². The average Bonchev–Trinajstić information content (AvgIpc) is 2.36. The molecule has 0 saturated carbocycles. The maximum absolute atomic E-state index is 13.1. The Labute approximate surface area is 113 Å². The molecule has 0 aliphatic heterocycles. The van der Waals surface area contributed by atoms with Crippen LogP contribution < -0.4 is 5.32 Å². The second kappa shape index (κ2) is 5.78. The number of nitrogens with one attached hydrogen (secondary N) is 1. The number of hydrogen-bond donors (Lipinski definition) is 1. The van der Waals surface area contributed by atoms with Gasteiger partial charge in [-0.15, -0.1) is 0 Å². The normalized spacial score (nSPS) is 10.1. The van der Waals surface area contributed by atoms with Crippen molar-refractivity contribution in [1.82, 2.24) is 5.32 Å². The van der Waals surface area contributed by atoms with Crippen molar-refractivity contribution in [3.63, 3.8) is 0 Å². The summed E-state index contributed by atoms with van der Waals surface area (Å²) in [4.78, 5) is 11.8. The van der Waals surface area contributed by atoms with E-state index in [4.69, 9.17) is 0 Å². The molecule has 0 atom stereocenters. The van der Waals surface area contributed by atoms with Crippen LogP contribution in [-0.2, 0) is 6.54 Å². The Morgan fingerprint density at radius 1 is 1.17 bits per heavy atom. The van der Waals surface area contributed by atoms with Gasteiger partial charge in [0.15, 0.2) is 0 Å². The average molecular weight is 308 g/mol. The van der Waals surface area contributed by atoms with Crippen molar-refractivity contribution in [1.29, 1.82) is 0 Å². The zero-order valence-corrected chi connectivity index (χ0v) is 11.1. The van der Waals surface area contributed by atoms with Gasteiger partial charge >= 0.3 is 0 Å². The van der Waals surface area contributed by atoms with Crippen LogP contribution in [0.2, 0.25) is 0 Å². The minimum absolute atomic E-state index is 0.293. The number of amides is 1. The molecule has 0 unspecified atom stereocenters. The van der Waals surface area contributed by atoms with Crippen LogP contribution in [0.3, 0.4) is 0 Å². The molecule has 2 aromatic carbocycles. The largest absolute Gasteiger partial charge is 0.348 e. The first-order valence-electron chi connectivity index (χ1n) is 5.43. The van der Waals surface area contributed by atoms with Crippen molar-refractivity contribution >= 4 is 21.8 Å². The molecule has 0 heterocycles. The van der Waals surface area contributed by atoms with E-state index in [9.17, 15) is 9.18 Å². The molecule has 18 heavy (non-hydrogen) atoms. The highest BCUT2D eigenvalue weighted by atomic mass is 79.9. The predicted molar refractivity (Wildman–Crippen MR) is 71.7 cm³/mol. The van der Waals surface area contributed by atoms with E-state index >= 15 is 0 Å². The molecule has 4 heteroatoms. The van der Waals surface area contributed by atoms with Crippen molar-refractivity contribution in [2.24, 2.45) is 0 Å². The molecule has 2 rings (SSSR count). The van der Waals surface area contributed by atoms with Gasteiger partial charge in [-0.3, -0.25) is 4.79 Å². The zero-order valence-electron chi connectivity index (χ0n) is 9.49. The highest BCUT2D eigenvalue weighted by Crippen LogP contribution is 2.14. The lowest BCUT2D eigenvalue weighted by Crippen LogP contribution is -2.22. The van der Waals surface area contributed by atoms with Crippen LogP contribution in [0.4, 0.5) is 4.39 Å². The molecule has 0 spiro atoms. The summed E-state index contributed by atoms with van der Waals surface area (Å²) in [6.07, 6.45) is 0. The summed E-state index contributed by atoms with van der Waals surface area (Å²) in [5.74, 6) is -0.728. The minimum Gasteiger partial charge on any atom is -0.348 e. The molecule has 0 aromatic heterocycles. The quantitative estimate of drug-likeness (QED) is 0.923. The molecule has 0 radical (unpaired) electrons. The molecular weight excluding hydrogens is 297 g/mol. The van der Waals surface area contributed by atoms with Gasteiger partial charge in [0.2, 0.25) is 0 Å². The lowest BCUT2D eigenvalue weighted by Gasteiger charge is -2.06. The maximum atomic E-state index is 13.1. The van der Waals surface area contributed by atoms with E-state index in [0.29, 0.717) is 16.6 Å². The molecule has 0 saturated heterocycles. The Morgan fingerprint density at radius 3 is 2.56 bits per heavy atom. The van der Waals surface area contributed by atoms with Gasteiger partial charge in [0.1, 0.15) is 5.82 Å². The Morgan fingerprint density at radius 2 is 1.89 bits per heavy atom. The maximum Gasteiger partial charge on any atom is 0.251 e. The van der Waals surface area contributed by atoms with Crippen LogP contribution in [0, 0.1) is 5.82 Å². The minimum atomic E-state index is -0.436. The monoisotopic (exact) mass is 307 g/mol. The van der Waals surface area contributed by atoms with Crippen molar-refractivity contribution < 1.29 is 9.18 Å². The SMILES string of the molecule is O=C(NCc1ccccc1)c1cc(F)cc(Br)c1. The topological polar surface area (TPSA) is 29.1 Å². The summed E-state index contributed by atoms with van der Waals surface area (Å²) in [6, 6.07) is 13.7. The van der Waals surface area contributed by atoms with Gasteiger partial charge in [0.05, 0.1) is 0 Å². The zero-order chi connectivity index (χ0) is 13.0. The second-order valence-corrected chi connectivity index (χ2v) is 4.74. The molecule has 0 fully saturated rings. The third-order valence-corrected chi connectivity index (χ3v) is 2.88. The Hall–Kier alpha value is -1.68. The summed E-state index contributed by atoms with van der Waals surface area (Å²) in [5.41, 5.74) is 1.30. The van der Waals surface area contributed by atoms with Gasteiger partial charge in [-0.1, -0.05) is 46.3 Å². The van der Waals surface area contributed by atoms with E-state index in [1.54, 1.807) is 6.07 Å². The molecule has 0 aliphatic rings. The van der Waals surface area contributed by atoms with Gasteiger partial charge in [-0.2, -0.15) is 0 Å². The molecule has 2 nitrogen and oxygen atoms in total. The van der Waals surface area contributed by atoms with E-state index in [2.05, 4.69) is 21.2 Å². The number of benzene rings is 2. The van der Waals surface area contributed by atoms with E-state index in [-0.39, 0.29) is 5.91 Å². The number of carbonyl (C=O) groups is 1. The van der Waals surface area contributed by atoms with Crippen LogP contribution in [-0.4, -0.2) is 5.91 Å². The predicted octanol–water partition coefficient (Wildman–Crippen LogP) is 3.52. The Kier molecular flexibility index (Phi) is 4.10. The fraction of sp³-hybridized carbons (Fsp3) is 0.0714. The second-order valence-electron chi connectivity index (χ2n) is 3.83. The fourth-order valence-corrected chi connectivity index (χ4v) is 2.03. The van der Waals surface area contributed by atoms with Gasteiger partial charge in [-0.05, 0) is 23.8 Å². The van der Waals surface area contributed by atoms with Crippen molar-refractivity contribution in [2.45, 2.75) is 6.54 Å². The molecule has 1 N–H and O–H groups in total. The third-order valence-electron chi connectivity index (χ3n) is 2.42. The van der Waals surface area contributed by atoms with E-state index in [0.717, 1.165) is 5.56 Å². The van der Waals surface area contributed by atoms with E-state index < -0.39 is 5.82 Å². The van der Waals surface area contributed by atoms with Crippen LogP contribution in [0.5, 0.6) is 0 Å². The van der Waals surface area contributed by atoms with Crippen LogP contribution in [0.15, 0.2) is 53.0 Å². The summed E-state index contributed by atoms with van der Waals surface area (Å²) in [7, 11) is 0. The molecule has 0 aliphatic carbocycles. The molecule has 2 aromatic rings. The highest BCUT2D eigenvalue weighted by molar-refractivity contribution is 9.10. The summed E-state index contributed by atoms with van der Waals surface area (Å²) >= 11 is 3.16. The first-order valence-corrected chi connectivity index (χ1v) is 6.22. The summed E-state index contributed by atoms with van der Waals surface area (Å²) in [5, 5.41) is 2.74. The number of hydrogen-bond acceptors (Lipinski definition) is 1. The van der Waals surface area contributed by atoms with Crippen molar-refractivity contribution in [3.05, 3.63) is 69.9 Å². The summed E-state index contributed by atoms with van der Waals surface area (Å²) in [6.45, 7) is 0.424. The number of carbonyl (C=O) groups excluding carboxylic acids is 1.